The number of nitrogens with zero attached hydrogens (tertiary/aromatic N) is 2. The van der Waals surface area contributed by atoms with Gasteiger partial charge in [-0.15, -0.1) is 5.10 Å². The van der Waals surface area contributed by atoms with Crippen LogP contribution in [0.5, 0.6) is 5.75 Å². The number of carbonyl (C=O) groups excluding carboxylic acids is 1. The summed E-state index contributed by atoms with van der Waals surface area (Å²) in [6.07, 6.45) is 0.959. The SMILES string of the molecule is CCCOc1ccc(-c2nc(SCC(=O)c3ccc(F)cc3)n[nH]2)cc1. The van der Waals surface area contributed by atoms with Crippen molar-refractivity contribution in [3.8, 4) is 17.1 Å². The van der Waals surface area contributed by atoms with Crippen molar-refractivity contribution in [3.63, 3.8) is 0 Å². The number of hydrogen-bond donors (Lipinski definition) is 1. The average molecular weight is 371 g/mol. The lowest BCUT2D eigenvalue weighted by Gasteiger charge is -2.04. The van der Waals surface area contributed by atoms with Crippen molar-refractivity contribution in [2.45, 2.75) is 18.5 Å². The number of ether oxygens (including phenoxy) is 1. The van der Waals surface area contributed by atoms with Crippen molar-refractivity contribution in [2.24, 2.45) is 0 Å². The maximum atomic E-state index is 12.9. The fourth-order valence-electron chi connectivity index (χ4n) is 2.22. The van der Waals surface area contributed by atoms with Crippen LogP contribution in [-0.4, -0.2) is 33.3 Å². The van der Waals surface area contributed by atoms with Gasteiger partial charge in [0.15, 0.2) is 11.6 Å². The molecule has 0 atom stereocenters. The van der Waals surface area contributed by atoms with Gasteiger partial charge in [-0.2, -0.15) is 0 Å². The minimum atomic E-state index is -0.362. The van der Waals surface area contributed by atoms with Crippen LogP contribution in [0.25, 0.3) is 11.4 Å². The van der Waals surface area contributed by atoms with Crippen LogP contribution in [0.15, 0.2) is 53.7 Å². The molecule has 0 saturated heterocycles. The molecule has 0 radical (unpaired) electrons. The van der Waals surface area contributed by atoms with E-state index in [0.29, 0.717) is 23.2 Å². The highest BCUT2D eigenvalue weighted by molar-refractivity contribution is 7.99. The first-order valence-corrected chi connectivity index (χ1v) is 9.21. The monoisotopic (exact) mass is 371 g/mol. The lowest BCUT2D eigenvalue weighted by Crippen LogP contribution is -2.02. The zero-order chi connectivity index (χ0) is 18.4. The van der Waals surface area contributed by atoms with Gasteiger partial charge in [-0.05, 0) is 55.0 Å². The zero-order valence-electron chi connectivity index (χ0n) is 14.2. The number of hydrogen-bond acceptors (Lipinski definition) is 5. The fraction of sp³-hybridized carbons (Fsp3) is 0.211. The molecule has 0 saturated carbocycles. The van der Waals surface area contributed by atoms with Crippen LogP contribution in [0.3, 0.4) is 0 Å². The Hall–Kier alpha value is -2.67. The van der Waals surface area contributed by atoms with Crippen molar-refractivity contribution < 1.29 is 13.9 Å². The Kier molecular flexibility index (Phi) is 6.01. The first-order chi connectivity index (χ1) is 12.7. The Morgan fingerprint density at radius 3 is 2.58 bits per heavy atom. The summed E-state index contributed by atoms with van der Waals surface area (Å²) in [5.41, 5.74) is 1.36. The van der Waals surface area contributed by atoms with E-state index in [1.54, 1.807) is 0 Å². The first kappa shape index (κ1) is 18.1. The summed E-state index contributed by atoms with van der Waals surface area (Å²) in [4.78, 5) is 16.5. The van der Waals surface area contributed by atoms with Crippen LogP contribution in [0.2, 0.25) is 0 Å². The topological polar surface area (TPSA) is 67.9 Å². The van der Waals surface area contributed by atoms with Gasteiger partial charge >= 0.3 is 0 Å². The summed E-state index contributed by atoms with van der Waals surface area (Å²) in [6, 6.07) is 13.1. The number of carbonyl (C=O) groups is 1. The number of aromatic nitrogens is 3. The standard InChI is InChI=1S/C19H18FN3O2S/c1-2-11-25-16-9-5-14(6-10-16)18-21-19(23-22-18)26-12-17(24)13-3-7-15(20)8-4-13/h3-10H,2,11-12H2,1H3,(H,21,22,23). The molecule has 2 aromatic carbocycles. The first-order valence-electron chi connectivity index (χ1n) is 8.23. The molecule has 1 aromatic heterocycles. The van der Waals surface area contributed by atoms with E-state index in [1.165, 1.54) is 36.0 Å². The Morgan fingerprint density at radius 1 is 1.15 bits per heavy atom. The normalized spacial score (nSPS) is 10.7. The van der Waals surface area contributed by atoms with Gasteiger partial charge in [-0.1, -0.05) is 18.7 Å². The maximum Gasteiger partial charge on any atom is 0.209 e. The van der Waals surface area contributed by atoms with E-state index >= 15 is 0 Å². The third-order valence-electron chi connectivity index (χ3n) is 3.56. The van der Waals surface area contributed by atoms with Crippen LogP contribution in [-0.2, 0) is 0 Å². The molecule has 0 spiro atoms. The van der Waals surface area contributed by atoms with Crippen LogP contribution in [0, 0.1) is 5.82 Å². The molecule has 1 N–H and O–H groups in total. The third-order valence-corrected chi connectivity index (χ3v) is 4.41. The van der Waals surface area contributed by atoms with Gasteiger partial charge in [-0.25, -0.2) is 9.37 Å². The molecule has 0 aliphatic heterocycles. The van der Waals surface area contributed by atoms with Crippen LogP contribution in [0.4, 0.5) is 4.39 Å². The molecule has 3 aromatic rings. The Labute approximate surface area is 155 Å². The quantitative estimate of drug-likeness (QED) is 0.470. The molecule has 0 amide bonds. The van der Waals surface area contributed by atoms with E-state index in [-0.39, 0.29) is 17.4 Å². The van der Waals surface area contributed by atoms with E-state index in [2.05, 4.69) is 22.1 Å². The number of rotatable bonds is 8. The molecule has 0 fully saturated rings. The lowest BCUT2D eigenvalue weighted by molar-refractivity contribution is 0.102. The predicted molar refractivity (Wildman–Crippen MR) is 99.1 cm³/mol. The number of Topliss-reactive ketones (excluding diaryl/α,β-unsaturated/α-hetero) is 1. The minimum absolute atomic E-state index is 0.0984. The lowest BCUT2D eigenvalue weighted by atomic mass is 10.1. The van der Waals surface area contributed by atoms with Gasteiger partial charge in [0.1, 0.15) is 11.6 Å². The molecular formula is C19H18FN3O2S. The number of halogens is 1. The van der Waals surface area contributed by atoms with Gasteiger partial charge in [-0.3, -0.25) is 9.89 Å². The second kappa shape index (κ2) is 8.62. The highest BCUT2D eigenvalue weighted by atomic mass is 32.2. The number of ketones is 1. The maximum absolute atomic E-state index is 12.9. The molecule has 134 valence electrons. The molecule has 0 aliphatic rings. The van der Waals surface area contributed by atoms with Crippen molar-refractivity contribution in [1.29, 1.82) is 0 Å². The minimum Gasteiger partial charge on any atom is -0.494 e. The van der Waals surface area contributed by atoms with E-state index in [1.807, 2.05) is 24.3 Å². The predicted octanol–water partition coefficient (Wildman–Crippen LogP) is 4.37. The van der Waals surface area contributed by atoms with Crippen molar-refractivity contribution in [2.75, 3.05) is 12.4 Å². The molecule has 1 heterocycles. The van der Waals surface area contributed by atoms with Gasteiger partial charge in [0.25, 0.3) is 0 Å². The Bertz CT molecular complexity index is 863. The average Bonchev–Trinajstić information content (AvgIpc) is 3.14. The van der Waals surface area contributed by atoms with E-state index in [4.69, 9.17) is 4.74 Å². The molecular weight excluding hydrogens is 353 g/mol. The summed E-state index contributed by atoms with van der Waals surface area (Å²) < 4.78 is 18.5. The zero-order valence-corrected chi connectivity index (χ0v) is 15.1. The number of benzene rings is 2. The van der Waals surface area contributed by atoms with Crippen molar-refractivity contribution in [1.82, 2.24) is 15.2 Å². The number of aromatic amines is 1. The highest BCUT2D eigenvalue weighted by Crippen LogP contribution is 2.22. The summed E-state index contributed by atoms with van der Waals surface area (Å²) in [5, 5.41) is 7.49. The number of H-pyrrole nitrogens is 1. The number of thioether (sulfide) groups is 1. The third kappa shape index (κ3) is 4.70. The van der Waals surface area contributed by atoms with Crippen molar-refractivity contribution >= 4 is 17.5 Å². The van der Waals surface area contributed by atoms with Crippen LogP contribution in [0.1, 0.15) is 23.7 Å². The second-order valence-electron chi connectivity index (χ2n) is 5.56. The van der Waals surface area contributed by atoms with E-state index in [9.17, 15) is 9.18 Å². The summed E-state index contributed by atoms with van der Waals surface area (Å²) in [5.74, 6) is 1.17. The second-order valence-corrected chi connectivity index (χ2v) is 6.50. The van der Waals surface area contributed by atoms with Crippen molar-refractivity contribution in [3.05, 3.63) is 59.9 Å². The fourth-order valence-corrected chi connectivity index (χ4v) is 2.91. The van der Waals surface area contributed by atoms with Crippen LogP contribution < -0.4 is 4.74 Å². The summed E-state index contributed by atoms with van der Waals surface area (Å²) >= 11 is 1.24. The van der Waals surface area contributed by atoms with Crippen LogP contribution >= 0.6 is 11.8 Å². The Balaban J connectivity index is 1.59. The van der Waals surface area contributed by atoms with Gasteiger partial charge < -0.3 is 4.74 Å². The van der Waals surface area contributed by atoms with E-state index in [0.717, 1.165) is 17.7 Å². The molecule has 0 unspecified atom stereocenters. The highest BCUT2D eigenvalue weighted by Gasteiger charge is 2.11. The molecule has 5 nitrogen and oxygen atoms in total. The molecule has 0 aliphatic carbocycles. The smallest absolute Gasteiger partial charge is 0.209 e. The number of nitrogens with one attached hydrogen (secondary N) is 1. The largest absolute Gasteiger partial charge is 0.494 e. The summed E-state index contributed by atoms with van der Waals surface area (Å²) in [7, 11) is 0. The molecule has 26 heavy (non-hydrogen) atoms. The van der Waals surface area contributed by atoms with E-state index < -0.39 is 0 Å². The summed E-state index contributed by atoms with van der Waals surface area (Å²) in [6.45, 7) is 2.74. The molecule has 7 heteroatoms. The Morgan fingerprint density at radius 2 is 1.88 bits per heavy atom. The van der Waals surface area contributed by atoms with Gasteiger partial charge in [0.2, 0.25) is 5.16 Å². The molecule has 3 rings (SSSR count). The molecule has 0 bridgehead atoms. The van der Waals surface area contributed by atoms with Gasteiger partial charge in [0.05, 0.1) is 12.4 Å². The van der Waals surface area contributed by atoms with Gasteiger partial charge in [0, 0.05) is 11.1 Å².